The Morgan fingerprint density at radius 3 is 2.33 bits per heavy atom. The molecule has 0 aliphatic carbocycles. The SMILES string of the molecule is CN(C(=O)c1cc(NCC(=O)O)ccc1C=O)C(C=O)CCC=O.CNC. The predicted molar refractivity (Wildman–Crippen MR) is 100 cm³/mol. The second kappa shape index (κ2) is 13.2. The van der Waals surface area contributed by atoms with Crippen molar-refractivity contribution in [2.24, 2.45) is 0 Å². The molecule has 27 heavy (non-hydrogen) atoms. The normalized spacial score (nSPS) is 10.6. The number of nitrogens with zero attached hydrogens (tertiary/aromatic N) is 1. The highest BCUT2D eigenvalue weighted by atomic mass is 16.4. The van der Waals surface area contributed by atoms with Crippen LogP contribution in [0.1, 0.15) is 33.6 Å². The van der Waals surface area contributed by atoms with Gasteiger partial charge in [-0.3, -0.25) is 14.4 Å². The van der Waals surface area contributed by atoms with E-state index in [2.05, 4.69) is 10.6 Å². The molecule has 0 radical (unpaired) electrons. The molecule has 1 atom stereocenters. The molecule has 0 spiro atoms. The smallest absolute Gasteiger partial charge is 0.322 e. The molecule has 1 amide bonds. The van der Waals surface area contributed by atoms with Crippen LogP contribution in [0.5, 0.6) is 0 Å². The summed E-state index contributed by atoms with van der Waals surface area (Å²) in [5.41, 5.74) is 0.517. The fourth-order valence-electron chi connectivity index (χ4n) is 2.06. The maximum atomic E-state index is 12.6. The Hall–Kier alpha value is -3.07. The molecule has 1 aromatic rings. The van der Waals surface area contributed by atoms with Crippen molar-refractivity contribution in [1.82, 2.24) is 10.2 Å². The van der Waals surface area contributed by atoms with Crippen molar-refractivity contribution in [3.8, 4) is 0 Å². The van der Waals surface area contributed by atoms with Gasteiger partial charge in [-0.2, -0.15) is 0 Å². The molecule has 0 aliphatic rings. The van der Waals surface area contributed by atoms with E-state index in [1.807, 2.05) is 14.1 Å². The zero-order valence-corrected chi connectivity index (χ0v) is 15.6. The van der Waals surface area contributed by atoms with E-state index >= 15 is 0 Å². The average molecular weight is 379 g/mol. The Balaban J connectivity index is 0.00000210. The van der Waals surface area contributed by atoms with E-state index in [1.54, 1.807) is 0 Å². The molecule has 0 saturated carbocycles. The molecular weight excluding hydrogens is 354 g/mol. The van der Waals surface area contributed by atoms with Gasteiger partial charge in [0.2, 0.25) is 0 Å². The third-order valence-electron chi connectivity index (χ3n) is 3.41. The maximum Gasteiger partial charge on any atom is 0.322 e. The zero-order valence-electron chi connectivity index (χ0n) is 15.6. The molecule has 0 heterocycles. The zero-order chi connectivity index (χ0) is 20.8. The average Bonchev–Trinajstić information content (AvgIpc) is 2.66. The third kappa shape index (κ3) is 8.23. The van der Waals surface area contributed by atoms with Crippen LogP contribution in [-0.2, 0) is 14.4 Å². The molecule has 0 aromatic heterocycles. The minimum Gasteiger partial charge on any atom is -0.480 e. The Kier molecular flexibility index (Phi) is 11.7. The second-order valence-electron chi connectivity index (χ2n) is 5.53. The number of hydrogen-bond donors (Lipinski definition) is 3. The summed E-state index contributed by atoms with van der Waals surface area (Å²) >= 11 is 0. The summed E-state index contributed by atoms with van der Waals surface area (Å²) < 4.78 is 0. The van der Waals surface area contributed by atoms with Crippen LogP contribution >= 0.6 is 0 Å². The number of amides is 1. The van der Waals surface area contributed by atoms with Crippen LogP contribution in [-0.4, -0.2) is 74.5 Å². The predicted octanol–water partition coefficient (Wildman–Crippen LogP) is 0.450. The number of carbonyl (C=O) groups excluding carboxylic acids is 4. The van der Waals surface area contributed by atoms with Crippen LogP contribution in [0.2, 0.25) is 0 Å². The van der Waals surface area contributed by atoms with Gasteiger partial charge in [0.15, 0.2) is 6.29 Å². The molecular formula is C18H25N3O6. The molecule has 0 aliphatic heterocycles. The Labute approximate surface area is 157 Å². The number of benzene rings is 1. The Morgan fingerprint density at radius 1 is 1.22 bits per heavy atom. The first-order valence-corrected chi connectivity index (χ1v) is 8.15. The molecule has 0 bridgehead atoms. The number of anilines is 1. The topological polar surface area (TPSA) is 133 Å². The number of nitrogens with one attached hydrogen (secondary N) is 2. The number of likely N-dealkylation sites (N-methyl/N-ethyl adjacent to an activating group) is 1. The summed E-state index contributed by atoms with van der Waals surface area (Å²) in [6.45, 7) is -0.347. The van der Waals surface area contributed by atoms with E-state index in [0.717, 1.165) is 4.90 Å². The van der Waals surface area contributed by atoms with E-state index in [-0.39, 0.29) is 30.5 Å². The summed E-state index contributed by atoms with van der Waals surface area (Å²) in [4.78, 5) is 57.0. The Bertz CT molecular complexity index is 662. The molecule has 1 unspecified atom stereocenters. The van der Waals surface area contributed by atoms with Crippen LogP contribution in [0, 0.1) is 0 Å². The fourth-order valence-corrected chi connectivity index (χ4v) is 2.06. The largest absolute Gasteiger partial charge is 0.480 e. The number of carbonyl (C=O) groups is 5. The number of carboxylic acids is 1. The van der Waals surface area contributed by atoms with Gasteiger partial charge < -0.3 is 30.2 Å². The van der Waals surface area contributed by atoms with Crippen LogP contribution in [0.15, 0.2) is 18.2 Å². The van der Waals surface area contributed by atoms with Crippen molar-refractivity contribution < 1.29 is 29.1 Å². The quantitative estimate of drug-likeness (QED) is 0.499. The van der Waals surface area contributed by atoms with Gasteiger partial charge in [0.1, 0.15) is 19.1 Å². The molecule has 0 saturated heterocycles. The van der Waals surface area contributed by atoms with Crippen LogP contribution < -0.4 is 10.6 Å². The van der Waals surface area contributed by atoms with Crippen molar-refractivity contribution in [3.05, 3.63) is 29.3 Å². The third-order valence-corrected chi connectivity index (χ3v) is 3.41. The summed E-state index contributed by atoms with van der Waals surface area (Å²) in [5.74, 6) is -1.64. The van der Waals surface area contributed by atoms with Crippen molar-refractivity contribution in [1.29, 1.82) is 0 Å². The van der Waals surface area contributed by atoms with Crippen molar-refractivity contribution >= 4 is 36.4 Å². The molecule has 0 fully saturated rings. The minimum absolute atomic E-state index is 0.0424. The standard InChI is InChI=1S/C16H18N2O6.C2H7N/c1-18(13(10-21)3-2-6-19)16(24)14-7-12(17-8-15(22)23)5-4-11(14)9-20;1-3-2/h4-7,9-10,13,17H,2-3,8H2,1H3,(H,22,23);3H,1-2H3. The summed E-state index contributed by atoms with van der Waals surface area (Å²) in [7, 11) is 5.15. The highest BCUT2D eigenvalue weighted by molar-refractivity contribution is 6.03. The molecule has 9 heteroatoms. The van der Waals surface area contributed by atoms with E-state index in [4.69, 9.17) is 5.11 Å². The van der Waals surface area contributed by atoms with Gasteiger partial charge >= 0.3 is 5.97 Å². The van der Waals surface area contributed by atoms with Crippen molar-refractivity contribution in [2.45, 2.75) is 18.9 Å². The lowest BCUT2D eigenvalue weighted by Crippen LogP contribution is -2.38. The number of rotatable bonds is 10. The molecule has 1 rings (SSSR count). The molecule has 3 N–H and O–H groups in total. The first kappa shape index (κ1) is 23.9. The number of aliphatic carboxylic acids is 1. The van der Waals surface area contributed by atoms with Gasteiger partial charge in [0, 0.05) is 24.7 Å². The van der Waals surface area contributed by atoms with Gasteiger partial charge in [-0.05, 0) is 38.7 Å². The number of hydrogen-bond acceptors (Lipinski definition) is 7. The fraction of sp³-hybridized carbons (Fsp3) is 0.389. The number of aldehydes is 3. The lowest BCUT2D eigenvalue weighted by atomic mass is 10.0. The number of carboxylic acid groups (broad SMARTS) is 1. The molecule has 1 aromatic carbocycles. The Morgan fingerprint density at radius 2 is 1.85 bits per heavy atom. The van der Waals surface area contributed by atoms with Crippen LogP contribution in [0.4, 0.5) is 5.69 Å². The van der Waals surface area contributed by atoms with Crippen molar-refractivity contribution in [2.75, 3.05) is 33.0 Å². The lowest BCUT2D eigenvalue weighted by Gasteiger charge is -2.24. The van der Waals surface area contributed by atoms with E-state index < -0.39 is 17.9 Å². The lowest BCUT2D eigenvalue weighted by molar-refractivity contribution is -0.135. The van der Waals surface area contributed by atoms with Crippen LogP contribution in [0.3, 0.4) is 0 Å². The minimum atomic E-state index is -1.07. The summed E-state index contributed by atoms with van der Waals surface area (Å²) in [6, 6.07) is 3.43. The van der Waals surface area contributed by atoms with Crippen molar-refractivity contribution in [3.63, 3.8) is 0 Å². The monoisotopic (exact) mass is 379 g/mol. The summed E-state index contributed by atoms with van der Waals surface area (Å²) in [6.07, 6.45) is 2.03. The second-order valence-corrected chi connectivity index (χ2v) is 5.53. The molecule has 9 nitrogen and oxygen atoms in total. The highest BCUT2D eigenvalue weighted by Gasteiger charge is 2.22. The first-order chi connectivity index (χ1) is 12.9. The van der Waals surface area contributed by atoms with Gasteiger partial charge in [0.25, 0.3) is 5.91 Å². The highest BCUT2D eigenvalue weighted by Crippen LogP contribution is 2.18. The van der Waals surface area contributed by atoms with E-state index in [0.29, 0.717) is 24.5 Å². The first-order valence-electron chi connectivity index (χ1n) is 8.15. The van der Waals surface area contributed by atoms with E-state index in [9.17, 15) is 24.0 Å². The summed E-state index contributed by atoms with van der Waals surface area (Å²) in [5, 5.41) is 14.0. The maximum absolute atomic E-state index is 12.6. The van der Waals surface area contributed by atoms with Crippen LogP contribution in [0.25, 0.3) is 0 Å². The van der Waals surface area contributed by atoms with Gasteiger partial charge in [-0.1, -0.05) is 0 Å². The molecule has 148 valence electrons. The van der Waals surface area contributed by atoms with Gasteiger partial charge in [-0.15, -0.1) is 0 Å². The van der Waals surface area contributed by atoms with Gasteiger partial charge in [-0.25, -0.2) is 0 Å². The van der Waals surface area contributed by atoms with Gasteiger partial charge in [0.05, 0.1) is 11.6 Å². The van der Waals surface area contributed by atoms with E-state index in [1.165, 1.54) is 25.2 Å².